The molecule has 116 valence electrons. The fourth-order valence-electron chi connectivity index (χ4n) is 2.14. The summed E-state index contributed by atoms with van der Waals surface area (Å²) >= 11 is 0. The van der Waals surface area contributed by atoms with Crippen molar-refractivity contribution in [2.45, 2.75) is 38.8 Å². The number of imide groups is 1. The molecule has 2 aliphatic rings. The molecule has 2 aliphatic heterocycles. The minimum absolute atomic E-state index is 0.173. The van der Waals surface area contributed by atoms with Gasteiger partial charge in [0.2, 0.25) is 5.91 Å². The minimum Gasteiger partial charge on any atom is -0.443 e. The highest BCUT2D eigenvalue weighted by Gasteiger charge is 2.44. The van der Waals surface area contributed by atoms with Crippen molar-refractivity contribution in [2.75, 3.05) is 13.1 Å². The van der Waals surface area contributed by atoms with Gasteiger partial charge >= 0.3 is 12.1 Å². The molecule has 1 atom stereocenters. The Balaban J connectivity index is 2.07. The van der Waals surface area contributed by atoms with Crippen LogP contribution in [0, 0.1) is 0 Å². The lowest BCUT2D eigenvalue weighted by atomic mass is 10.1. The second-order valence-corrected chi connectivity index (χ2v) is 5.83. The predicted octanol–water partition coefficient (Wildman–Crippen LogP) is -0.421. The Labute approximate surface area is 121 Å². The zero-order chi connectivity index (χ0) is 15.8. The van der Waals surface area contributed by atoms with E-state index in [9.17, 15) is 19.2 Å². The van der Waals surface area contributed by atoms with Crippen LogP contribution in [-0.4, -0.2) is 58.6 Å². The fourth-order valence-corrected chi connectivity index (χ4v) is 2.14. The van der Waals surface area contributed by atoms with Crippen LogP contribution in [0.3, 0.4) is 0 Å². The first-order chi connectivity index (χ1) is 9.69. The standard InChI is InChI=1S/C12H18N4O5/c1-12(2,3)21-10(19)14-16-8(17)6-7-9(18)13-4-5-15(7)11(16)20/h7H,4-6H2,1-3H3,(H,13,18)(H,14,19). The van der Waals surface area contributed by atoms with E-state index in [2.05, 4.69) is 10.7 Å². The number of carbonyl (C=O) groups excluding carboxylic acids is 4. The Morgan fingerprint density at radius 1 is 1.33 bits per heavy atom. The topological polar surface area (TPSA) is 108 Å². The van der Waals surface area contributed by atoms with Gasteiger partial charge in [-0.3, -0.25) is 9.59 Å². The molecule has 0 aromatic heterocycles. The summed E-state index contributed by atoms with van der Waals surface area (Å²) in [5, 5.41) is 3.19. The van der Waals surface area contributed by atoms with E-state index in [0.717, 1.165) is 0 Å². The van der Waals surface area contributed by atoms with Gasteiger partial charge in [-0.1, -0.05) is 0 Å². The van der Waals surface area contributed by atoms with Crippen molar-refractivity contribution in [1.82, 2.24) is 20.7 Å². The first kappa shape index (κ1) is 15.1. The minimum atomic E-state index is -0.899. The molecule has 2 fully saturated rings. The smallest absolute Gasteiger partial charge is 0.427 e. The fraction of sp³-hybridized carbons (Fsp3) is 0.667. The van der Waals surface area contributed by atoms with E-state index < -0.39 is 29.7 Å². The number of rotatable bonds is 1. The maximum atomic E-state index is 12.2. The van der Waals surface area contributed by atoms with Gasteiger partial charge in [-0.25, -0.2) is 15.0 Å². The number of urea groups is 1. The van der Waals surface area contributed by atoms with Crippen LogP contribution in [0.2, 0.25) is 0 Å². The number of carbonyl (C=O) groups is 4. The monoisotopic (exact) mass is 298 g/mol. The number of amides is 5. The van der Waals surface area contributed by atoms with Crippen molar-refractivity contribution in [1.29, 1.82) is 0 Å². The highest BCUT2D eigenvalue weighted by atomic mass is 16.6. The summed E-state index contributed by atoms with van der Waals surface area (Å²) in [5.41, 5.74) is 1.37. The Bertz CT molecular complexity index is 498. The van der Waals surface area contributed by atoms with Gasteiger partial charge in [-0.2, -0.15) is 5.01 Å². The van der Waals surface area contributed by atoms with Crippen LogP contribution in [0.1, 0.15) is 27.2 Å². The van der Waals surface area contributed by atoms with E-state index in [4.69, 9.17) is 4.74 Å². The zero-order valence-electron chi connectivity index (χ0n) is 12.1. The summed E-state index contributed by atoms with van der Waals surface area (Å²) in [6.45, 7) is 5.59. The SMILES string of the molecule is CC(C)(C)OC(=O)NN1C(=O)CC2C(=O)NCCN2C1=O. The van der Waals surface area contributed by atoms with Crippen molar-refractivity contribution in [3.63, 3.8) is 0 Å². The summed E-state index contributed by atoms with van der Waals surface area (Å²) in [6, 6.07) is -1.53. The van der Waals surface area contributed by atoms with Gasteiger partial charge in [0.05, 0.1) is 6.42 Å². The number of hydrogen-bond acceptors (Lipinski definition) is 5. The molecule has 5 amide bonds. The molecule has 21 heavy (non-hydrogen) atoms. The summed E-state index contributed by atoms with van der Waals surface area (Å²) < 4.78 is 5.00. The molecular weight excluding hydrogens is 280 g/mol. The largest absolute Gasteiger partial charge is 0.443 e. The van der Waals surface area contributed by atoms with Crippen LogP contribution in [0.25, 0.3) is 0 Å². The Morgan fingerprint density at radius 3 is 2.62 bits per heavy atom. The van der Waals surface area contributed by atoms with E-state index in [0.29, 0.717) is 11.6 Å². The van der Waals surface area contributed by atoms with Gasteiger partial charge in [-0.15, -0.1) is 0 Å². The summed E-state index contributed by atoms with van der Waals surface area (Å²) in [5.74, 6) is -1.01. The van der Waals surface area contributed by atoms with E-state index in [1.165, 1.54) is 4.90 Å². The van der Waals surface area contributed by atoms with Gasteiger partial charge in [0.25, 0.3) is 5.91 Å². The highest BCUT2D eigenvalue weighted by Crippen LogP contribution is 2.18. The van der Waals surface area contributed by atoms with Gasteiger partial charge in [-0.05, 0) is 20.8 Å². The molecule has 0 aliphatic carbocycles. The lowest BCUT2D eigenvalue weighted by Crippen LogP contribution is -2.68. The number of hydrazine groups is 1. The predicted molar refractivity (Wildman–Crippen MR) is 69.7 cm³/mol. The third kappa shape index (κ3) is 3.23. The molecular formula is C12H18N4O5. The first-order valence-corrected chi connectivity index (χ1v) is 6.60. The van der Waals surface area contributed by atoms with Crippen LogP contribution >= 0.6 is 0 Å². The quantitative estimate of drug-likeness (QED) is 0.683. The summed E-state index contributed by atoms with van der Waals surface area (Å²) in [6.07, 6.45) is -1.07. The van der Waals surface area contributed by atoms with E-state index in [1.54, 1.807) is 20.8 Å². The molecule has 1 unspecified atom stereocenters. The van der Waals surface area contributed by atoms with E-state index in [1.807, 2.05) is 0 Å². The van der Waals surface area contributed by atoms with Gasteiger partial charge in [0, 0.05) is 13.1 Å². The number of nitrogens with one attached hydrogen (secondary N) is 2. The van der Waals surface area contributed by atoms with Gasteiger partial charge < -0.3 is 15.0 Å². The van der Waals surface area contributed by atoms with Crippen molar-refractivity contribution in [3.8, 4) is 0 Å². The molecule has 0 aromatic carbocycles. The number of piperazine rings is 1. The van der Waals surface area contributed by atoms with E-state index in [-0.39, 0.29) is 18.9 Å². The molecule has 0 saturated carbocycles. The Hall–Kier alpha value is -2.32. The van der Waals surface area contributed by atoms with E-state index >= 15 is 0 Å². The number of ether oxygens (including phenoxy) is 1. The third-order valence-corrected chi connectivity index (χ3v) is 2.99. The molecule has 9 nitrogen and oxygen atoms in total. The highest BCUT2D eigenvalue weighted by molar-refractivity contribution is 6.03. The summed E-state index contributed by atoms with van der Waals surface area (Å²) in [7, 11) is 0. The second kappa shape index (κ2) is 5.23. The maximum absolute atomic E-state index is 12.2. The molecule has 2 rings (SSSR count). The Morgan fingerprint density at radius 2 is 2.00 bits per heavy atom. The zero-order valence-corrected chi connectivity index (χ0v) is 12.1. The van der Waals surface area contributed by atoms with Crippen molar-refractivity contribution >= 4 is 23.9 Å². The molecule has 9 heteroatoms. The molecule has 0 aromatic rings. The van der Waals surface area contributed by atoms with Gasteiger partial charge in [0.15, 0.2) is 0 Å². The molecule has 0 radical (unpaired) electrons. The average molecular weight is 298 g/mol. The third-order valence-electron chi connectivity index (χ3n) is 2.99. The average Bonchev–Trinajstić information content (AvgIpc) is 2.34. The second-order valence-electron chi connectivity index (χ2n) is 5.83. The van der Waals surface area contributed by atoms with Crippen LogP contribution < -0.4 is 10.7 Å². The van der Waals surface area contributed by atoms with Crippen LogP contribution in [0.5, 0.6) is 0 Å². The molecule has 0 spiro atoms. The first-order valence-electron chi connectivity index (χ1n) is 6.60. The Kier molecular flexibility index (Phi) is 3.75. The van der Waals surface area contributed by atoms with Crippen molar-refractivity contribution in [2.24, 2.45) is 0 Å². The summed E-state index contributed by atoms with van der Waals surface area (Å²) in [4.78, 5) is 48.7. The maximum Gasteiger partial charge on any atom is 0.427 e. The molecule has 2 heterocycles. The van der Waals surface area contributed by atoms with Crippen molar-refractivity contribution in [3.05, 3.63) is 0 Å². The molecule has 2 saturated heterocycles. The van der Waals surface area contributed by atoms with Crippen LogP contribution in [0.4, 0.5) is 9.59 Å². The molecule has 0 bridgehead atoms. The van der Waals surface area contributed by atoms with Gasteiger partial charge in [0.1, 0.15) is 11.6 Å². The normalized spacial score (nSPS) is 22.6. The molecule has 2 N–H and O–H groups in total. The lowest BCUT2D eigenvalue weighted by Gasteiger charge is -2.41. The lowest BCUT2D eigenvalue weighted by molar-refractivity contribution is -0.142. The number of fused-ring (bicyclic) bond motifs is 1. The van der Waals surface area contributed by atoms with Crippen LogP contribution in [-0.2, 0) is 14.3 Å². The number of hydrogen-bond donors (Lipinski definition) is 2. The van der Waals surface area contributed by atoms with Crippen LogP contribution in [0.15, 0.2) is 0 Å². The van der Waals surface area contributed by atoms with Crippen molar-refractivity contribution < 1.29 is 23.9 Å². The number of nitrogens with zero attached hydrogens (tertiary/aromatic N) is 2.